The van der Waals surface area contributed by atoms with Gasteiger partial charge in [-0.25, -0.2) is 14.4 Å². The van der Waals surface area contributed by atoms with E-state index in [1.54, 1.807) is 48.5 Å². The molecule has 0 atom stereocenters. The Balaban J connectivity index is 2.14. The molecule has 0 N–H and O–H groups in total. The molecule has 0 aliphatic carbocycles. The Bertz CT molecular complexity index is 840. The van der Waals surface area contributed by atoms with Gasteiger partial charge in [-0.3, -0.25) is 0 Å². The lowest BCUT2D eigenvalue weighted by atomic mass is 9.95. The van der Waals surface area contributed by atoms with Crippen molar-refractivity contribution in [1.82, 2.24) is 0 Å². The number of methoxy groups -OCH3 is 1. The van der Waals surface area contributed by atoms with Gasteiger partial charge >= 0.3 is 17.9 Å². The van der Waals surface area contributed by atoms with Crippen LogP contribution >= 0.6 is 0 Å². The Morgan fingerprint density at radius 3 is 1.93 bits per heavy atom. The van der Waals surface area contributed by atoms with E-state index in [4.69, 9.17) is 14.2 Å². The molecule has 27 heavy (non-hydrogen) atoms. The fraction of sp³-hybridized carbons (Fsp3) is 0.190. The van der Waals surface area contributed by atoms with E-state index in [1.807, 2.05) is 0 Å². The van der Waals surface area contributed by atoms with Gasteiger partial charge in [-0.2, -0.15) is 0 Å². The number of esters is 3. The van der Waals surface area contributed by atoms with Crippen LogP contribution in [0, 0.1) is 0 Å². The van der Waals surface area contributed by atoms with Crippen molar-refractivity contribution in [3.63, 3.8) is 0 Å². The summed E-state index contributed by atoms with van der Waals surface area (Å²) in [6, 6.07) is 13.7. The Morgan fingerprint density at radius 2 is 1.37 bits per heavy atom. The van der Waals surface area contributed by atoms with Gasteiger partial charge in [0.2, 0.25) is 0 Å². The molecule has 2 aromatic rings. The highest BCUT2D eigenvalue weighted by Gasteiger charge is 2.19. The summed E-state index contributed by atoms with van der Waals surface area (Å²) in [5.41, 5.74) is 1.84. The maximum absolute atomic E-state index is 12.5. The van der Waals surface area contributed by atoms with E-state index in [2.05, 4.69) is 6.58 Å². The molecule has 0 heterocycles. The van der Waals surface area contributed by atoms with E-state index >= 15 is 0 Å². The quantitative estimate of drug-likeness (QED) is 0.307. The normalized spacial score (nSPS) is 9.96. The molecule has 0 spiro atoms. The van der Waals surface area contributed by atoms with Crippen LogP contribution in [0.15, 0.2) is 61.2 Å². The molecule has 0 unspecified atom stereocenters. The summed E-state index contributed by atoms with van der Waals surface area (Å²) in [7, 11) is 1.30. The average molecular weight is 368 g/mol. The Morgan fingerprint density at radius 1 is 0.852 bits per heavy atom. The predicted octanol–water partition coefficient (Wildman–Crippen LogP) is 3.42. The summed E-state index contributed by atoms with van der Waals surface area (Å²) in [5, 5.41) is 0. The molecule has 2 aromatic carbocycles. The third kappa shape index (κ3) is 5.28. The summed E-state index contributed by atoms with van der Waals surface area (Å²) in [6.45, 7) is 3.52. The first-order valence-corrected chi connectivity index (χ1v) is 8.31. The molecule has 6 nitrogen and oxygen atoms in total. The Labute approximate surface area is 157 Å². The second kappa shape index (κ2) is 9.91. The Hall–Kier alpha value is -3.41. The molecule has 0 saturated carbocycles. The van der Waals surface area contributed by atoms with E-state index in [0.29, 0.717) is 28.7 Å². The molecule has 140 valence electrons. The highest BCUT2D eigenvalue weighted by atomic mass is 16.5. The van der Waals surface area contributed by atoms with Crippen LogP contribution in [0.4, 0.5) is 0 Å². The standard InChI is InChI=1S/C21H20O6/c1-3-19(22)26-13-8-14-27-21(24)18-12-7-5-10-16(18)15-9-4-6-11-17(15)20(23)25-2/h3-7,9-12H,1,8,13-14H2,2H3. The van der Waals surface area contributed by atoms with Crippen LogP contribution in [0.1, 0.15) is 27.1 Å². The largest absolute Gasteiger partial charge is 0.465 e. The number of benzene rings is 2. The molecule has 0 bridgehead atoms. The van der Waals surface area contributed by atoms with Crippen LogP contribution < -0.4 is 0 Å². The summed E-state index contributed by atoms with van der Waals surface area (Å²) in [5.74, 6) is -1.54. The summed E-state index contributed by atoms with van der Waals surface area (Å²) in [4.78, 5) is 35.5. The minimum atomic E-state index is -0.527. The lowest BCUT2D eigenvalue weighted by molar-refractivity contribution is -0.137. The monoisotopic (exact) mass is 368 g/mol. The summed E-state index contributed by atoms with van der Waals surface area (Å²) in [6.07, 6.45) is 1.44. The van der Waals surface area contributed by atoms with E-state index in [9.17, 15) is 14.4 Å². The lowest BCUT2D eigenvalue weighted by Crippen LogP contribution is -2.11. The summed E-state index contributed by atoms with van der Waals surface area (Å²) >= 11 is 0. The number of carbonyl (C=O) groups is 3. The van der Waals surface area contributed by atoms with Crippen LogP contribution in [0.5, 0.6) is 0 Å². The van der Waals surface area contributed by atoms with Crippen LogP contribution in [0.2, 0.25) is 0 Å². The molecule has 0 amide bonds. The van der Waals surface area contributed by atoms with Crippen LogP contribution in [0.3, 0.4) is 0 Å². The van der Waals surface area contributed by atoms with Gasteiger partial charge in [-0.15, -0.1) is 0 Å². The fourth-order valence-electron chi connectivity index (χ4n) is 2.44. The van der Waals surface area contributed by atoms with Gasteiger partial charge < -0.3 is 14.2 Å². The molecule has 0 aliphatic heterocycles. The van der Waals surface area contributed by atoms with Gasteiger partial charge in [0.15, 0.2) is 0 Å². The van der Waals surface area contributed by atoms with Crippen molar-refractivity contribution in [2.24, 2.45) is 0 Å². The molecular formula is C21H20O6. The minimum absolute atomic E-state index is 0.0935. The first-order chi connectivity index (χ1) is 13.1. The third-order valence-electron chi connectivity index (χ3n) is 3.70. The smallest absolute Gasteiger partial charge is 0.338 e. The van der Waals surface area contributed by atoms with Crippen molar-refractivity contribution in [3.05, 3.63) is 72.3 Å². The zero-order valence-corrected chi connectivity index (χ0v) is 15.0. The Kier molecular flexibility index (Phi) is 7.31. The second-order valence-corrected chi connectivity index (χ2v) is 5.44. The van der Waals surface area contributed by atoms with Gasteiger partial charge in [0.25, 0.3) is 0 Å². The molecule has 6 heteroatoms. The zero-order chi connectivity index (χ0) is 19.6. The van der Waals surface area contributed by atoms with Crippen molar-refractivity contribution in [2.45, 2.75) is 6.42 Å². The van der Waals surface area contributed by atoms with E-state index in [-0.39, 0.29) is 13.2 Å². The van der Waals surface area contributed by atoms with E-state index in [0.717, 1.165) is 6.08 Å². The van der Waals surface area contributed by atoms with Crippen LogP contribution in [-0.2, 0) is 19.0 Å². The lowest BCUT2D eigenvalue weighted by Gasteiger charge is -2.12. The maximum Gasteiger partial charge on any atom is 0.338 e. The number of ether oxygens (including phenoxy) is 3. The van der Waals surface area contributed by atoms with Gasteiger partial charge in [-0.05, 0) is 23.3 Å². The van der Waals surface area contributed by atoms with E-state index in [1.165, 1.54) is 7.11 Å². The molecule has 0 fully saturated rings. The SMILES string of the molecule is C=CC(=O)OCCCOC(=O)c1ccccc1-c1ccccc1C(=O)OC. The van der Waals surface area contributed by atoms with Gasteiger partial charge in [0, 0.05) is 12.5 Å². The van der Waals surface area contributed by atoms with Gasteiger partial charge in [0.1, 0.15) is 0 Å². The third-order valence-corrected chi connectivity index (χ3v) is 3.70. The van der Waals surface area contributed by atoms with Crippen molar-refractivity contribution in [2.75, 3.05) is 20.3 Å². The highest BCUT2D eigenvalue weighted by molar-refractivity contribution is 6.03. The number of carbonyl (C=O) groups excluding carboxylic acids is 3. The molecule has 0 radical (unpaired) electrons. The van der Waals surface area contributed by atoms with Crippen molar-refractivity contribution < 1.29 is 28.6 Å². The topological polar surface area (TPSA) is 78.9 Å². The number of rotatable bonds is 8. The van der Waals surface area contributed by atoms with Gasteiger partial charge in [0.05, 0.1) is 31.5 Å². The second-order valence-electron chi connectivity index (χ2n) is 5.44. The first-order valence-electron chi connectivity index (χ1n) is 8.31. The van der Waals surface area contributed by atoms with E-state index < -0.39 is 17.9 Å². The number of hydrogen-bond donors (Lipinski definition) is 0. The predicted molar refractivity (Wildman–Crippen MR) is 99.3 cm³/mol. The van der Waals surface area contributed by atoms with Crippen LogP contribution in [0.25, 0.3) is 11.1 Å². The molecule has 0 saturated heterocycles. The molecule has 0 aliphatic rings. The zero-order valence-electron chi connectivity index (χ0n) is 15.0. The average Bonchev–Trinajstić information content (AvgIpc) is 2.72. The molecule has 0 aromatic heterocycles. The first kappa shape index (κ1) is 19.9. The highest BCUT2D eigenvalue weighted by Crippen LogP contribution is 2.28. The van der Waals surface area contributed by atoms with Crippen molar-refractivity contribution in [1.29, 1.82) is 0 Å². The van der Waals surface area contributed by atoms with Crippen molar-refractivity contribution in [3.8, 4) is 11.1 Å². The number of hydrogen-bond acceptors (Lipinski definition) is 6. The van der Waals surface area contributed by atoms with Crippen molar-refractivity contribution >= 4 is 17.9 Å². The summed E-state index contributed by atoms with van der Waals surface area (Å²) < 4.78 is 14.9. The maximum atomic E-state index is 12.5. The molecular weight excluding hydrogens is 348 g/mol. The fourth-order valence-corrected chi connectivity index (χ4v) is 2.44. The van der Waals surface area contributed by atoms with Crippen LogP contribution in [-0.4, -0.2) is 38.2 Å². The van der Waals surface area contributed by atoms with Gasteiger partial charge in [-0.1, -0.05) is 43.0 Å². The molecule has 2 rings (SSSR count). The minimum Gasteiger partial charge on any atom is -0.465 e.